The first-order chi connectivity index (χ1) is 11.6. The summed E-state index contributed by atoms with van der Waals surface area (Å²) in [7, 11) is 0. The minimum atomic E-state index is -1.75. The molecule has 2 fully saturated rings. The van der Waals surface area contributed by atoms with Crippen molar-refractivity contribution in [2.75, 3.05) is 13.2 Å². The molecule has 6 heteroatoms. The van der Waals surface area contributed by atoms with Gasteiger partial charge in [-0.15, -0.1) is 0 Å². The van der Waals surface area contributed by atoms with Crippen LogP contribution in [0.5, 0.6) is 0 Å². The highest BCUT2D eigenvalue weighted by Crippen LogP contribution is 2.37. The Hall–Kier alpha value is -0.560. The van der Waals surface area contributed by atoms with Crippen LogP contribution in [0.2, 0.25) is 0 Å². The highest BCUT2D eigenvalue weighted by Gasteiger charge is 2.32. The molecule has 0 aromatic carbocycles. The van der Waals surface area contributed by atoms with E-state index in [0.717, 1.165) is 12.0 Å². The molecule has 0 aromatic rings. The summed E-state index contributed by atoms with van der Waals surface area (Å²) >= 11 is 0. The van der Waals surface area contributed by atoms with Crippen LogP contribution in [0.3, 0.4) is 0 Å². The van der Waals surface area contributed by atoms with Crippen LogP contribution >= 0.6 is 0 Å². The van der Waals surface area contributed by atoms with Crippen molar-refractivity contribution in [3.63, 3.8) is 0 Å². The average molecular weight is 348 g/mol. The normalized spacial score (nSPS) is 32.3. The van der Waals surface area contributed by atoms with Gasteiger partial charge in [0.1, 0.15) is 0 Å². The molecule has 0 spiro atoms. The van der Waals surface area contributed by atoms with Crippen LogP contribution in [0.15, 0.2) is 12.2 Å². The number of allylic oxidation sites excluding steroid dienone is 1. The van der Waals surface area contributed by atoms with Crippen molar-refractivity contribution in [1.29, 1.82) is 0 Å². The molecule has 1 saturated heterocycles. The number of aliphatic hydroxyl groups is 1. The van der Waals surface area contributed by atoms with Crippen LogP contribution < -0.4 is 0 Å². The maximum absolute atomic E-state index is 11.9. The number of ether oxygens (including phenoxy) is 3. The van der Waals surface area contributed by atoms with Gasteiger partial charge in [0.05, 0.1) is 13.2 Å². The number of rotatable bonds is 8. The Morgan fingerprint density at radius 1 is 1.17 bits per heavy atom. The van der Waals surface area contributed by atoms with E-state index in [1.54, 1.807) is 0 Å². The van der Waals surface area contributed by atoms with Gasteiger partial charge in [-0.05, 0) is 37.2 Å². The molecule has 0 bridgehead atoms. The van der Waals surface area contributed by atoms with E-state index in [1.165, 1.54) is 38.5 Å². The van der Waals surface area contributed by atoms with Gasteiger partial charge in [-0.1, -0.05) is 32.6 Å². The molecule has 0 amide bonds. The van der Waals surface area contributed by atoms with Crippen LogP contribution in [0.1, 0.15) is 58.3 Å². The fourth-order valence-corrected chi connectivity index (χ4v) is 3.74. The molecule has 1 saturated carbocycles. The van der Waals surface area contributed by atoms with Gasteiger partial charge in [0.15, 0.2) is 6.29 Å². The number of hydrogen-bond donors (Lipinski definition) is 1. The molecule has 0 aromatic heterocycles. The third-order valence-corrected chi connectivity index (χ3v) is 5.13. The summed E-state index contributed by atoms with van der Waals surface area (Å²) in [6.07, 6.45) is 5.66. The Bertz CT molecular complexity index is 371. The number of halogens is 2. The molecular formula is C18H30F2O4. The minimum Gasteiger partial charge on any atom is -0.368 e. The summed E-state index contributed by atoms with van der Waals surface area (Å²) < 4.78 is 40.1. The Kier molecular flexibility index (Phi) is 8.59. The SMILES string of the molecule is CCCC1CCC(C2COC(OC(O)CCC=C(F)F)OC2)CC1. The lowest BCUT2D eigenvalue weighted by molar-refractivity contribution is -0.362. The fraction of sp³-hybridized carbons (Fsp3) is 0.889. The second-order valence-electron chi connectivity index (χ2n) is 6.95. The highest BCUT2D eigenvalue weighted by atomic mass is 19.3. The van der Waals surface area contributed by atoms with E-state index < -0.39 is 18.8 Å². The molecule has 1 aliphatic heterocycles. The van der Waals surface area contributed by atoms with Crippen molar-refractivity contribution in [3.8, 4) is 0 Å². The molecule has 0 radical (unpaired) electrons. The van der Waals surface area contributed by atoms with Crippen molar-refractivity contribution >= 4 is 0 Å². The van der Waals surface area contributed by atoms with Gasteiger partial charge in [0.25, 0.3) is 12.6 Å². The van der Waals surface area contributed by atoms with E-state index in [4.69, 9.17) is 14.2 Å². The zero-order valence-corrected chi connectivity index (χ0v) is 14.5. The summed E-state index contributed by atoms with van der Waals surface area (Å²) in [5.74, 6) is 1.90. The third kappa shape index (κ3) is 6.75. The number of aliphatic hydroxyl groups excluding tert-OH is 1. The van der Waals surface area contributed by atoms with Crippen LogP contribution in [-0.2, 0) is 14.2 Å². The van der Waals surface area contributed by atoms with Gasteiger partial charge in [-0.3, -0.25) is 0 Å². The van der Waals surface area contributed by atoms with E-state index in [1.807, 2.05) is 0 Å². The molecular weight excluding hydrogens is 318 g/mol. The lowest BCUT2D eigenvalue weighted by Gasteiger charge is -2.37. The molecule has 1 atom stereocenters. The Balaban J connectivity index is 1.62. The monoisotopic (exact) mass is 348 g/mol. The molecule has 1 heterocycles. The van der Waals surface area contributed by atoms with Crippen molar-refractivity contribution in [2.24, 2.45) is 17.8 Å². The first-order valence-corrected chi connectivity index (χ1v) is 9.16. The molecule has 2 aliphatic rings. The largest absolute Gasteiger partial charge is 0.368 e. The first kappa shape index (κ1) is 19.8. The summed E-state index contributed by atoms with van der Waals surface area (Å²) in [4.78, 5) is 0. The van der Waals surface area contributed by atoms with E-state index in [2.05, 4.69) is 6.92 Å². The standard InChI is InChI=1S/C18H30F2O4/c1-2-4-13-7-9-14(10-8-13)15-11-22-18(23-12-15)24-17(21)6-3-5-16(19)20/h5,13-15,17-18,21H,2-4,6-12H2,1H3. The summed E-state index contributed by atoms with van der Waals surface area (Å²) in [5, 5.41) is 9.65. The van der Waals surface area contributed by atoms with Crippen molar-refractivity contribution < 1.29 is 28.1 Å². The van der Waals surface area contributed by atoms with E-state index in [-0.39, 0.29) is 12.8 Å². The maximum atomic E-state index is 11.9. The maximum Gasteiger partial charge on any atom is 0.273 e. The lowest BCUT2D eigenvalue weighted by Crippen LogP contribution is -2.40. The smallest absolute Gasteiger partial charge is 0.273 e. The summed E-state index contributed by atoms with van der Waals surface area (Å²) in [6.45, 7) is 2.49. The third-order valence-electron chi connectivity index (χ3n) is 5.13. The van der Waals surface area contributed by atoms with Gasteiger partial charge in [-0.25, -0.2) is 0 Å². The molecule has 140 valence electrons. The summed E-state index contributed by atoms with van der Waals surface area (Å²) in [5.41, 5.74) is 0. The topological polar surface area (TPSA) is 47.9 Å². The Morgan fingerprint density at radius 3 is 2.42 bits per heavy atom. The molecule has 2 rings (SSSR count). The second kappa shape index (κ2) is 10.4. The average Bonchev–Trinajstić information content (AvgIpc) is 2.56. The lowest BCUT2D eigenvalue weighted by atomic mass is 9.75. The molecule has 4 nitrogen and oxygen atoms in total. The Labute approximate surface area is 143 Å². The van der Waals surface area contributed by atoms with Crippen LogP contribution in [-0.4, -0.2) is 31.1 Å². The minimum absolute atomic E-state index is 0.0554. The van der Waals surface area contributed by atoms with E-state index in [9.17, 15) is 13.9 Å². The van der Waals surface area contributed by atoms with Gasteiger partial charge < -0.3 is 19.3 Å². The van der Waals surface area contributed by atoms with Crippen molar-refractivity contribution in [2.45, 2.75) is 71.1 Å². The molecule has 1 unspecified atom stereocenters. The predicted molar refractivity (Wildman–Crippen MR) is 86.2 cm³/mol. The Morgan fingerprint density at radius 2 is 1.83 bits per heavy atom. The van der Waals surface area contributed by atoms with Crippen LogP contribution in [0, 0.1) is 17.8 Å². The fourth-order valence-electron chi connectivity index (χ4n) is 3.74. The van der Waals surface area contributed by atoms with Gasteiger partial charge >= 0.3 is 0 Å². The summed E-state index contributed by atoms with van der Waals surface area (Å²) in [6, 6.07) is 0. The van der Waals surface area contributed by atoms with E-state index in [0.29, 0.717) is 25.0 Å². The van der Waals surface area contributed by atoms with E-state index >= 15 is 0 Å². The highest BCUT2D eigenvalue weighted by molar-refractivity contribution is 4.80. The predicted octanol–water partition coefficient (Wildman–Crippen LogP) is 4.44. The quantitative estimate of drug-likeness (QED) is 0.659. The zero-order valence-electron chi connectivity index (χ0n) is 14.5. The first-order valence-electron chi connectivity index (χ1n) is 9.16. The van der Waals surface area contributed by atoms with Crippen molar-refractivity contribution in [1.82, 2.24) is 0 Å². The zero-order chi connectivity index (χ0) is 17.4. The van der Waals surface area contributed by atoms with Crippen LogP contribution in [0.4, 0.5) is 8.78 Å². The van der Waals surface area contributed by atoms with Crippen molar-refractivity contribution in [3.05, 3.63) is 12.2 Å². The molecule has 24 heavy (non-hydrogen) atoms. The molecule has 1 aliphatic carbocycles. The van der Waals surface area contributed by atoms with Gasteiger partial charge in [0.2, 0.25) is 0 Å². The van der Waals surface area contributed by atoms with Gasteiger partial charge in [-0.2, -0.15) is 8.78 Å². The van der Waals surface area contributed by atoms with Gasteiger partial charge in [0, 0.05) is 12.3 Å². The number of hydrogen-bond acceptors (Lipinski definition) is 4. The second-order valence-corrected chi connectivity index (χ2v) is 6.95. The van der Waals surface area contributed by atoms with Crippen LogP contribution in [0.25, 0.3) is 0 Å². The molecule has 1 N–H and O–H groups in total.